The van der Waals surface area contributed by atoms with Gasteiger partial charge in [-0.2, -0.15) is 0 Å². The number of para-hydroxylation sites is 1. The Kier molecular flexibility index (Phi) is 5.99. The molecule has 0 saturated carbocycles. The van der Waals surface area contributed by atoms with Crippen LogP contribution in [-0.4, -0.2) is 19.1 Å². The van der Waals surface area contributed by atoms with Gasteiger partial charge in [0, 0.05) is 5.39 Å². The number of hydrogen-bond donors (Lipinski definition) is 1. The molecule has 1 amide bonds. The molecule has 6 nitrogen and oxygen atoms in total. The molecule has 0 saturated heterocycles. The molecule has 0 fully saturated rings. The summed E-state index contributed by atoms with van der Waals surface area (Å²) in [5.41, 5.74) is 0.501. The molecule has 0 spiro atoms. The van der Waals surface area contributed by atoms with Crippen LogP contribution in [0.15, 0.2) is 57.7 Å². The first-order valence-corrected chi connectivity index (χ1v) is 9.26. The molecule has 146 valence electrons. The largest absolute Gasteiger partial charge is 0.494 e. The Morgan fingerprint density at radius 2 is 1.79 bits per heavy atom. The molecule has 3 rings (SSSR count). The van der Waals surface area contributed by atoms with E-state index in [1.54, 1.807) is 18.2 Å². The lowest BCUT2D eigenvalue weighted by Crippen LogP contribution is -2.30. The number of benzene rings is 2. The molecule has 1 atom stereocenters. The van der Waals surface area contributed by atoms with Crippen molar-refractivity contribution in [2.24, 2.45) is 0 Å². The Hall–Kier alpha value is -3.28. The third-order valence-electron chi connectivity index (χ3n) is 4.31. The molecular weight excluding hydrogens is 358 g/mol. The highest BCUT2D eigenvalue weighted by Gasteiger charge is 2.18. The van der Waals surface area contributed by atoms with Crippen molar-refractivity contribution in [1.29, 1.82) is 0 Å². The fraction of sp³-hybridized carbons (Fsp3) is 0.273. The first-order valence-electron chi connectivity index (χ1n) is 9.26. The van der Waals surface area contributed by atoms with Gasteiger partial charge in [-0.05, 0) is 50.6 Å². The molecule has 1 aromatic heterocycles. The van der Waals surface area contributed by atoms with Gasteiger partial charge >= 0.3 is 5.63 Å². The number of hydrogen-bond acceptors (Lipinski definition) is 5. The maximum Gasteiger partial charge on any atom is 0.349 e. The van der Waals surface area contributed by atoms with Gasteiger partial charge in [0.25, 0.3) is 5.91 Å². The van der Waals surface area contributed by atoms with Gasteiger partial charge < -0.3 is 19.2 Å². The Balaban J connectivity index is 1.82. The van der Waals surface area contributed by atoms with Crippen LogP contribution in [0.5, 0.6) is 11.5 Å². The van der Waals surface area contributed by atoms with Gasteiger partial charge in [-0.3, -0.25) is 4.79 Å². The van der Waals surface area contributed by atoms with E-state index in [1.165, 1.54) is 6.07 Å². The van der Waals surface area contributed by atoms with Crippen molar-refractivity contribution in [2.75, 3.05) is 13.2 Å². The van der Waals surface area contributed by atoms with Gasteiger partial charge in [0.2, 0.25) is 0 Å². The second-order valence-corrected chi connectivity index (χ2v) is 6.25. The van der Waals surface area contributed by atoms with Gasteiger partial charge in [-0.25, -0.2) is 4.79 Å². The Morgan fingerprint density at radius 3 is 2.46 bits per heavy atom. The van der Waals surface area contributed by atoms with Crippen molar-refractivity contribution in [1.82, 2.24) is 5.32 Å². The quantitative estimate of drug-likeness (QED) is 0.624. The van der Waals surface area contributed by atoms with E-state index >= 15 is 0 Å². The zero-order valence-corrected chi connectivity index (χ0v) is 16.2. The summed E-state index contributed by atoms with van der Waals surface area (Å²) in [6.45, 7) is 6.66. The van der Waals surface area contributed by atoms with Crippen molar-refractivity contribution in [3.05, 3.63) is 70.1 Å². The Morgan fingerprint density at radius 1 is 1.07 bits per heavy atom. The smallest absolute Gasteiger partial charge is 0.349 e. The van der Waals surface area contributed by atoms with E-state index in [1.807, 2.05) is 45.0 Å². The molecule has 2 aromatic carbocycles. The monoisotopic (exact) mass is 381 g/mol. The van der Waals surface area contributed by atoms with Crippen LogP contribution in [-0.2, 0) is 0 Å². The first kappa shape index (κ1) is 19.5. The number of ether oxygens (including phenoxy) is 2. The number of amides is 1. The van der Waals surface area contributed by atoms with Crippen molar-refractivity contribution < 1.29 is 18.7 Å². The lowest BCUT2D eigenvalue weighted by Gasteiger charge is -2.15. The average molecular weight is 381 g/mol. The summed E-state index contributed by atoms with van der Waals surface area (Å²) in [6, 6.07) is 14.0. The highest BCUT2D eigenvalue weighted by molar-refractivity contribution is 5.97. The first-order chi connectivity index (χ1) is 13.5. The minimum absolute atomic E-state index is 0.0427. The normalized spacial score (nSPS) is 11.8. The number of rotatable bonds is 7. The number of fused-ring (bicyclic) bond motifs is 1. The zero-order chi connectivity index (χ0) is 20.1. The predicted octanol–water partition coefficient (Wildman–Crippen LogP) is 4.08. The van der Waals surface area contributed by atoms with E-state index in [2.05, 4.69) is 5.32 Å². The second kappa shape index (κ2) is 8.61. The summed E-state index contributed by atoms with van der Waals surface area (Å²) in [6.07, 6.45) is 0. The fourth-order valence-electron chi connectivity index (χ4n) is 2.92. The maximum atomic E-state index is 12.6. The van der Waals surface area contributed by atoms with Crippen molar-refractivity contribution in [2.45, 2.75) is 26.8 Å². The Labute approximate surface area is 163 Å². The predicted molar refractivity (Wildman–Crippen MR) is 107 cm³/mol. The molecular formula is C22H23NO5. The molecule has 1 unspecified atom stereocenters. The summed E-state index contributed by atoms with van der Waals surface area (Å²) in [5, 5.41) is 3.47. The van der Waals surface area contributed by atoms with Crippen LogP contribution < -0.4 is 20.4 Å². The van der Waals surface area contributed by atoms with Crippen LogP contribution in [0.4, 0.5) is 0 Å². The lowest BCUT2D eigenvalue weighted by atomic mass is 10.1. The van der Waals surface area contributed by atoms with Crippen LogP contribution in [0, 0.1) is 0 Å². The maximum absolute atomic E-state index is 12.6. The third kappa shape index (κ3) is 4.17. The van der Waals surface area contributed by atoms with Gasteiger partial charge in [0.15, 0.2) is 11.3 Å². The molecule has 0 bridgehead atoms. The Bertz CT molecular complexity index is 1020. The standard InChI is InChI=1S/C22H23NO5/c1-4-26-17-11-9-15(10-12-17)14(3)23-21(24)18-13-16-7-6-8-19(27-5-2)20(16)28-22(18)25/h6-14H,4-5H2,1-3H3,(H,23,24). The minimum atomic E-state index is -0.698. The SMILES string of the molecule is CCOc1ccc(C(C)NC(=O)c2cc3cccc(OCC)c3oc2=O)cc1. The molecule has 6 heteroatoms. The van der Waals surface area contributed by atoms with Crippen LogP contribution in [0.2, 0.25) is 0 Å². The molecule has 0 radical (unpaired) electrons. The summed E-state index contributed by atoms with van der Waals surface area (Å²) >= 11 is 0. The van der Waals surface area contributed by atoms with Gasteiger partial charge in [-0.15, -0.1) is 0 Å². The fourth-order valence-corrected chi connectivity index (χ4v) is 2.92. The highest BCUT2D eigenvalue weighted by Crippen LogP contribution is 2.25. The van der Waals surface area contributed by atoms with Crippen LogP contribution in [0.25, 0.3) is 11.0 Å². The molecule has 0 aliphatic carbocycles. The highest BCUT2D eigenvalue weighted by atomic mass is 16.5. The van der Waals surface area contributed by atoms with E-state index in [-0.39, 0.29) is 11.6 Å². The van der Waals surface area contributed by atoms with Crippen LogP contribution in [0.1, 0.15) is 42.7 Å². The number of carbonyl (C=O) groups excluding carboxylic acids is 1. The summed E-state index contributed by atoms with van der Waals surface area (Å²) in [7, 11) is 0. The van der Waals surface area contributed by atoms with Crippen molar-refractivity contribution in [3.8, 4) is 11.5 Å². The van der Waals surface area contributed by atoms with E-state index in [9.17, 15) is 9.59 Å². The summed E-state index contributed by atoms with van der Waals surface area (Å²) < 4.78 is 16.3. The molecule has 0 aliphatic heterocycles. The second-order valence-electron chi connectivity index (χ2n) is 6.25. The molecule has 1 heterocycles. The number of carbonyl (C=O) groups is 1. The van der Waals surface area contributed by atoms with Crippen LogP contribution in [0.3, 0.4) is 0 Å². The molecule has 28 heavy (non-hydrogen) atoms. The van der Waals surface area contributed by atoms with Gasteiger partial charge in [0.1, 0.15) is 11.3 Å². The van der Waals surface area contributed by atoms with E-state index in [4.69, 9.17) is 13.9 Å². The molecule has 3 aromatic rings. The molecule has 1 N–H and O–H groups in total. The van der Waals surface area contributed by atoms with E-state index < -0.39 is 11.5 Å². The minimum Gasteiger partial charge on any atom is -0.494 e. The van der Waals surface area contributed by atoms with Crippen LogP contribution >= 0.6 is 0 Å². The summed E-state index contributed by atoms with van der Waals surface area (Å²) in [5.74, 6) is 0.760. The lowest BCUT2D eigenvalue weighted by molar-refractivity contribution is 0.0936. The topological polar surface area (TPSA) is 77.8 Å². The zero-order valence-electron chi connectivity index (χ0n) is 16.2. The number of nitrogens with one attached hydrogen (secondary N) is 1. The summed E-state index contributed by atoms with van der Waals surface area (Å²) in [4.78, 5) is 25.0. The molecule has 0 aliphatic rings. The van der Waals surface area contributed by atoms with E-state index in [0.29, 0.717) is 29.9 Å². The van der Waals surface area contributed by atoms with Gasteiger partial charge in [0.05, 0.1) is 19.3 Å². The van der Waals surface area contributed by atoms with E-state index in [0.717, 1.165) is 11.3 Å². The van der Waals surface area contributed by atoms with Crippen molar-refractivity contribution >= 4 is 16.9 Å². The average Bonchev–Trinajstić information content (AvgIpc) is 2.69. The van der Waals surface area contributed by atoms with Crippen molar-refractivity contribution in [3.63, 3.8) is 0 Å². The third-order valence-corrected chi connectivity index (χ3v) is 4.31. The van der Waals surface area contributed by atoms with Gasteiger partial charge in [-0.1, -0.05) is 24.3 Å².